The fraction of sp³-hybridized carbons (Fsp3) is 0.938. The number of carboxylic acid groups (broad SMARTS) is 1. The molecule has 0 saturated carbocycles. The van der Waals surface area contributed by atoms with Gasteiger partial charge in [0.1, 0.15) is 22.9 Å². The van der Waals surface area contributed by atoms with Crippen molar-refractivity contribution in [2.75, 3.05) is 13.2 Å². The number of amides is 1. The summed E-state index contributed by atoms with van der Waals surface area (Å²) in [6.07, 6.45) is -1.39. The zero-order valence-corrected chi connectivity index (χ0v) is 17.7. The van der Waals surface area contributed by atoms with Crippen LogP contribution in [0.3, 0.4) is 0 Å². The Hall–Kier alpha value is -1.28. The van der Waals surface area contributed by atoms with E-state index in [4.69, 9.17) is 14.7 Å². The highest BCUT2D eigenvalue weighted by Gasteiger charge is 2.51. The van der Waals surface area contributed by atoms with E-state index in [0.717, 1.165) is 0 Å². The summed E-state index contributed by atoms with van der Waals surface area (Å²) in [6.45, 7) is 16.8. The van der Waals surface area contributed by atoms with Gasteiger partial charge in [0, 0.05) is 5.92 Å². The first-order valence-corrected chi connectivity index (χ1v) is 11.5. The van der Waals surface area contributed by atoms with E-state index in [9.17, 15) is 9.90 Å². The third-order valence-corrected chi connectivity index (χ3v) is 9.82. The summed E-state index contributed by atoms with van der Waals surface area (Å²) in [6, 6.07) is -0.419. The summed E-state index contributed by atoms with van der Waals surface area (Å²) < 4.78 is 12.4. The zero-order valence-electron chi connectivity index (χ0n) is 16.7. The van der Waals surface area contributed by atoms with Gasteiger partial charge in [0.05, 0.1) is 18.8 Å². The van der Waals surface area contributed by atoms with E-state index in [1.165, 1.54) is 4.90 Å². The molecule has 1 rings (SSSR count). The van der Waals surface area contributed by atoms with Crippen molar-refractivity contribution in [3.05, 3.63) is 0 Å². The predicted molar refractivity (Wildman–Crippen MR) is 97.1 cm³/mol. The van der Waals surface area contributed by atoms with Gasteiger partial charge in [-0.1, -0.05) is 27.7 Å². The normalized spacial score (nSPS) is 23.0. The van der Waals surface area contributed by atoms with Crippen LogP contribution in [0.5, 0.6) is 0 Å². The number of ether oxygens (including phenoxy) is 1. The highest BCUT2D eigenvalue weighted by atomic mass is 28.4. The minimum atomic E-state index is -2.14. The summed E-state index contributed by atoms with van der Waals surface area (Å²) in [5.74, 6) is -0.0902. The van der Waals surface area contributed by atoms with Gasteiger partial charge in [0.25, 0.3) is 0 Å². The van der Waals surface area contributed by atoms with Gasteiger partial charge < -0.3 is 14.3 Å². The van der Waals surface area contributed by atoms with Crippen LogP contribution in [0.15, 0.2) is 5.11 Å². The molecule has 1 saturated heterocycles. The molecule has 144 valence electrons. The smallest absolute Gasteiger partial charge is 0.409 e. The Morgan fingerprint density at radius 1 is 1.52 bits per heavy atom. The van der Waals surface area contributed by atoms with Crippen molar-refractivity contribution in [2.24, 2.45) is 11.0 Å². The lowest BCUT2D eigenvalue weighted by atomic mass is 9.97. The molecule has 0 aromatic rings. The van der Waals surface area contributed by atoms with E-state index in [0.29, 0.717) is 6.54 Å². The maximum Gasteiger partial charge on any atom is 0.409 e. The van der Waals surface area contributed by atoms with Crippen LogP contribution < -0.4 is 4.91 Å². The Morgan fingerprint density at radius 2 is 2.08 bits per heavy atom. The van der Waals surface area contributed by atoms with Crippen molar-refractivity contribution < 1.29 is 19.1 Å². The van der Waals surface area contributed by atoms with Crippen molar-refractivity contribution >= 4 is 14.4 Å². The number of hydrogen-bond acceptors (Lipinski definition) is 5. The molecule has 0 spiro atoms. The molecular formula is C16H33N4O4Si+. The van der Waals surface area contributed by atoms with E-state index in [1.807, 2.05) is 6.92 Å². The van der Waals surface area contributed by atoms with Gasteiger partial charge in [-0.15, -0.1) is 0 Å². The van der Waals surface area contributed by atoms with Crippen LogP contribution in [0, 0.1) is 11.4 Å². The van der Waals surface area contributed by atoms with Gasteiger partial charge >= 0.3 is 6.09 Å². The van der Waals surface area contributed by atoms with Crippen molar-refractivity contribution in [3.63, 3.8) is 0 Å². The third-order valence-electron chi connectivity index (χ3n) is 5.34. The Kier molecular flexibility index (Phi) is 6.55. The van der Waals surface area contributed by atoms with Gasteiger partial charge in [0.2, 0.25) is 4.91 Å². The Morgan fingerprint density at radius 3 is 2.52 bits per heavy atom. The molecular weight excluding hydrogens is 340 g/mol. The van der Waals surface area contributed by atoms with Crippen LogP contribution in [0.25, 0.3) is 0 Å². The summed E-state index contributed by atoms with van der Waals surface area (Å²) >= 11 is 0. The van der Waals surface area contributed by atoms with Crippen molar-refractivity contribution in [1.82, 2.24) is 9.81 Å². The minimum Gasteiger partial charge on any atom is -0.465 e. The van der Waals surface area contributed by atoms with E-state index in [2.05, 4.69) is 43.9 Å². The van der Waals surface area contributed by atoms with Gasteiger partial charge in [-0.3, -0.25) is 4.90 Å². The molecule has 1 amide bonds. The van der Waals surface area contributed by atoms with Crippen LogP contribution in [0.1, 0.15) is 41.5 Å². The second kappa shape index (κ2) is 7.53. The molecule has 1 aliphatic rings. The molecule has 8 nitrogen and oxygen atoms in total. The van der Waals surface area contributed by atoms with E-state index < -0.39 is 26.2 Å². The van der Waals surface area contributed by atoms with E-state index in [-0.39, 0.29) is 23.7 Å². The number of nitrogens with one attached hydrogen (secondary N) is 1. The monoisotopic (exact) mass is 373 g/mol. The number of rotatable bonds is 6. The van der Waals surface area contributed by atoms with Crippen LogP contribution in [0.4, 0.5) is 4.79 Å². The molecule has 0 aromatic heterocycles. The Labute approximate surface area is 151 Å². The molecule has 3 atom stereocenters. The number of carbonyl (C=O) groups is 1. The fourth-order valence-corrected chi connectivity index (χ4v) is 4.23. The molecule has 1 heterocycles. The first-order chi connectivity index (χ1) is 11.2. The molecule has 0 aliphatic carbocycles. The quantitative estimate of drug-likeness (QED) is 0.420. The summed E-state index contributed by atoms with van der Waals surface area (Å²) in [5, 5.41) is 13.5. The van der Waals surface area contributed by atoms with E-state index in [1.54, 1.807) is 13.8 Å². The second-order valence-electron chi connectivity index (χ2n) is 8.72. The van der Waals surface area contributed by atoms with Gasteiger partial charge in [-0.2, -0.15) is 0 Å². The Bertz CT molecular complexity index is 541. The molecule has 2 N–H and O–H groups in total. The van der Waals surface area contributed by atoms with Crippen molar-refractivity contribution in [2.45, 2.75) is 77.5 Å². The standard InChI is InChI=1S/C16H32N4O4Si/c1-11(9-18-19-17)13(24-25(7,8)15(2,3)4)12-10-23-16(5,6)20(12)14(21)22/h11-13,17H,9-10H2,1-8H3/p+1/t11-,12+,13?/m0/s1. The van der Waals surface area contributed by atoms with Gasteiger partial charge in [0.15, 0.2) is 8.32 Å². The lowest BCUT2D eigenvalue weighted by Crippen LogP contribution is -2.57. The first-order valence-electron chi connectivity index (χ1n) is 8.62. The number of hydrogen-bond donors (Lipinski definition) is 2. The molecule has 0 bridgehead atoms. The largest absolute Gasteiger partial charge is 0.465 e. The highest BCUT2D eigenvalue weighted by molar-refractivity contribution is 6.74. The number of nitrogens with zero attached hydrogens (tertiary/aromatic N) is 3. The zero-order chi connectivity index (χ0) is 19.6. The summed E-state index contributed by atoms with van der Waals surface area (Å²) in [4.78, 5) is 16.3. The molecule has 9 heteroatoms. The van der Waals surface area contributed by atoms with Crippen molar-refractivity contribution in [3.8, 4) is 0 Å². The minimum absolute atomic E-state index is 0.00898. The second-order valence-corrected chi connectivity index (χ2v) is 13.5. The topological polar surface area (TPSA) is 109 Å². The maximum atomic E-state index is 11.9. The molecule has 25 heavy (non-hydrogen) atoms. The lowest BCUT2D eigenvalue weighted by Gasteiger charge is -2.44. The molecule has 0 radical (unpaired) electrons. The fourth-order valence-electron chi connectivity index (χ4n) is 2.81. The summed E-state index contributed by atoms with van der Waals surface area (Å²) in [5.41, 5.74) is 5.99. The Balaban J connectivity index is 3.23. The first kappa shape index (κ1) is 21.8. The van der Waals surface area contributed by atoms with Crippen LogP contribution in [-0.4, -0.2) is 55.4 Å². The molecule has 1 aliphatic heterocycles. The van der Waals surface area contributed by atoms with Crippen LogP contribution in [-0.2, 0) is 9.16 Å². The lowest BCUT2D eigenvalue weighted by molar-refractivity contribution is -0.0479. The average molecular weight is 374 g/mol. The maximum absolute atomic E-state index is 11.9. The SMILES string of the molecule is C[C@@H](CN=[N+]=N)C(O[Si](C)(C)C(C)(C)C)[C@H]1COC(C)(C)N1C(=O)O. The molecule has 1 fully saturated rings. The van der Waals surface area contributed by atoms with Gasteiger partial charge in [-0.05, 0) is 32.0 Å². The van der Waals surface area contributed by atoms with Crippen LogP contribution in [0.2, 0.25) is 18.1 Å². The van der Waals surface area contributed by atoms with Crippen LogP contribution >= 0.6 is 0 Å². The molecule has 0 aromatic carbocycles. The van der Waals surface area contributed by atoms with Gasteiger partial charge in [-0.25, -0.2) is 4.79 Å². The van der Waals surface area contributed by atoms with Crippen molar-refractivity contribution in [1.29, 1.82) is 5.53 Å². The molecule has 1 unspecified atom stereocenters. The third kappa shape index (κ3) is 4.88. The van der Waals surface area contributed by atoms with E-state index >= 15 is 0 Å². The summed E-state index contributed by atoms with van der Waals surface area (Å²) in [7, 11) is -2.14. The predicted octanol–water partition coefficient (Wildman–Crippen LogP) is 3.68. The highest BCUT2D eigenvalue weighted by Crippen LogP contribution is 2.40. The average Bonchev–Trinajstić information content (AvgIpc) is 2.76.